The summed E-state index contributed by atoms with van der Waals surface area (Å²) in [5, 5.41) is 7.87. The highest BCUT2D eigenvalue weighted by Gasteiger charge is 2.23. The smallest absolute Gasteiger partial charge is 0.274 e. The van der Waals surface area contributed by atoms with Crippen LogP contribution in [0.5, 0.6) is 0 Å². The normalized spacial score (nSPS) is 15.0. The van der Waals surface area contributed by atoms with E-state index >= 15 is 0 Å². The number of amides is 1. The van der Waals surface area contributed by atoms with Crippen molar-refractivity contribution < 1.29 is 9.18 Å². The molecule has 0 bridgehead atoms. The molecule has 6 heteroatoms. The number of aryl methyl sites for hydroxylation is 1. The summed E-state index contributed by atoms with van der Waals surface area (Å²) in [6.07, 6.45) is 0. The van der Waals surface area contributed by atoms with Crippen LogP contribution < -0.4 is 4.90 Å². The van der Waals surface area contributed by atoms with E-state index in [1.54, 1.807) is 29.2 Å². The van der Waals surface area contributed by atoms with E-state index in [2.05, 4.69) is 15.1 Å². The summed E-state index contributed by atoms with van der Waals surface area (Å²) in [4.78, 5) is 16.3. The molecule has 114 valence electrons. The molecule has 22 heavy (non-hydrogen) atoms. The molecule has 3 rings (SSSR count). The monoisotopic (exact) mass is 300 g/mol. The molecule has 1 aliphatic heterocycles. The maximum atomic E-state index is 13.0. The number of hydrogen-bond donors (Lipinski definition) is 0. The molecule has 1 fully saturated rings. The van der Waals surface area contributed by atoms with Crippen LogP contribution in [-0.2, 0) is 0 Å². The minimum atomic E-state index is -0.240. The number of piperazine rings is 1. The fourth-order valence-corrected chi connectivity index (χ4v) is 2.49. The predicted octanol–water partition coefficient (Wildman–Crippen LogP) is 1.89. The van der Waals surface area contributed by atoms with Crippen molar-refractivity contribution in [1.29, 1.82) is 0 Å². The van der Waals surface area contributed by atoms with E-state index in [0.29, 0.717) is 18.8 Å². The Hall–Kier alpha value is -2.50. The zero-order valence-electron chi connectivity index (χ0n) is 12.4. The molecule has 1 aromatic carbocycles. The SMILES string of the molecule is Cc1ccc(C(=O)N2CCN(c3ccc(F)cc3)CC2)nn1. The highest BCUT2D eigenvalue weighted by Crippen LogP contribution is 2.17. The van der Waals surface area contributed by atoms with E-state index in [4.69, 9.17) is 0 Å². The van der Waals surface area contributed by atoms with E-state index in [1.807, 2.05) is 6.92 Å². The molecule has 1 aromatic heterocycles. The second-order valence-electron chi connectivity index (χ2n) is 5.32. The molecule has 2 heterocycles. The zero-order chi connectivity index (χ0) is 15.5. The summed E-state index contributed by atoms with van der Waals surface area (Å²) >= 11 is 0. The minimum Gasteiger partial charge on any atom is -0.368 e. The van der Waals surface area contributed by atoms with Crippen LogP contribution >= 0.6 is 0 Å². The van der Waals surface area contributed by atoms with Gasteiger partial charge >= 0.3 is 0 Å². The molecule has 1 amide bonds. The lowest BCUT2D eigenvalue weighted by molar-refractivity contribution is 0.0739. The lowest BCUT2D eigenvalue weighted by atomic mass is 10.2. The summed E-state index contributed by atoms with van der Waals surface area (Å²) < 4.78 is 13.0. The van der Waals surface area contributed by atoms with Gasteiger partial charge in [0.25, 0.3) is 5.91 Å². The van der Waals surface area contributed by atoms with Crippen LogP contribution in [0.2, 0.25) is 0 Å². The Bertz CT molecular complexity index is 649. The second kappa shape index (κ2) is 6.09. The molecule has 0 radical (unpaired) electrons. The molecular weight excluding hydrogens is 283 g/mol. The van der Waals surface area contributed by atoms with E-state index in [9.17, 15) is 9.18 Å². The molecular formula is C16H17FN4O. The van der Waals surface area contributed by atoms with Crippen molar-refractivity contribution in [2.75, 3.05) is 31.1 Å². The van der Waals surface area contributed by atoms with Gasteiger partial charge in [0.05, 0.1) is 5.69 Å². The summed E-state index contributed by atoms with van der Waals surface area (Å²) in [6.45, 7) is 4.51. The third kappa shape index (κ3) is 3.05. The first-order valence-electron chi connectivity index (χ1n) is 7.23. The van der Waals surface area contributed by atoms with Crippen LogP contribution in [0.25, 0.3) is 0 Å². The fourth-order valence-electron chi connectivity index (χ4n) is 2.49. The molecule has 0 unspecified atom stereocenters. The Labute approximate surface area is 128 Å². The quantitative estimate of drug-likeness (QED) is 0.850. The number of benzene rings is 1. The number of carbonyl (C=O) groups excluding carboxylic acids is 1. The topological polar surface area (TPSA) is 49.3 Å². The molecule has 1 aliphatic rings. The average molecular weight is 300 g/mol. The highest BCUT2D eigenvalue weighted by molar-refractivity contribution is 5.92. The fraction of sp³-hybridized carbons (Fsp3) is 0.312. The van der Waals surface area contributed by atoms with Crippen LogP contribution in [0.4, 0.5) is 10.1 Å². The predicted molar refractivity (Wildman–Crippen MR) is 81.3 cm³/mol. The van der Waals surface area contributed by atoms with Gasteiger partial charge in [-0.15, -0.1) is 5.10 Å². The number of halogens is 1. The van der Waals surface area contributed by atoms with Crippen LogP contribution in [0.3, 0.4) is 0 Å². The van der Waals surface area contributed by atoms with Gasteiger partial charge in [0.1, 0.15) is 5.82 Å². The van der Waals surface area contributed by atoms with Gasteiger partial charge in [-0.05, 0) is 43.3 Å². The maximum Gasteiger partial charge on any atom is 0.274 e. The molecule has 0 saturated carbocycles. The summed E-state index contributed by atoms with van der Waals surface area (Å²) in [5.41, 5.74) is 2.14. The standard InChI is InChI=1S/C16H17FN4O/c1-12-2-7-15(19-18-12)16(22)21-10-8-20(9-11-21)14-5-3-13(17)4-6-14/h2-7H,8-11H2,1H3. The number of nitrogens with zero attached hydrogens (tertiary/aromatic N) is 4. The van der Waals surface area contributed by atoms with Gasteiger partial charge in [-0.3, -0.25) is 4.79 Å². The first-order chi connectivity index (χ1) is 10.6. The highest BCUT2D eigenvalue weighted by atomic mass is 19.1. The first-order valence-corrected chi connectivity index (χ1v) is 7.23. The lowest BCUT2D eigenvalue weighted by Gasteiger charge is -2.35. The number of anilines is 1. The zero-order valence-corrected chi connectivity index (χ0v) is 12.4. The summed E-state index contributed by atoms with van der Waals surface area (Å²) in [7, 11) is 0. The molecule has 0 spiro atoms. The van der Waals surface area contributed by atoms with Crippen molar-refractivity contribution in [3.8, 4) is 0 Å². The van der Waals surface area contributed by atoms with Crippen molar-refractivity contribution in [2.45, 2.75) is 6.92 Å². The van der Waals surface area contributed by atoms with Crippen LogP contribution in [0.15, 0.2) is 36.4 Å². The molecule has 1 saturated heterocycles. The van der Waals surface area contributed by atoms with E-state index in [0.717, 1.165) is 24.5 Å². The van der Waals surface area contributed by atoms with E-state index < -0.39 is 0 Å². The second-order valence-corrected chi connectivity index (χ2v) is 5.32. The van der Waals surface area contributed by atoms with Gasteiger partial charge in [0.2, 0.25) is 0 Å². The molecule has 0 atom stereocenters. The molecule has 0 N–H and O–H groups in total. The van der Waals surface area contributed by atoms with Gasteiger partial charge in [-0.1, -0.05) is 0 Å². The largest absolute Gasteiger partial charge is 0.368 e. The lowest BCUT2D eigenvalue weighted by Crippen LogP contribution is -2.49. The number of hydrogen-bond acceptors (Lipinski definition) is 4. The first kappa shape index (κ1) is 14.4. The Morgan fingerprint density at radius 2 is 1.68 bits per heavy atom. The molecule has 5 nitrogen and oxygen atoms in total. The van der Waals surface area contributed by atoms with E-state index in [-0.39, 0.29) is 11.7 Å². The Morgan fingerprint density at radius 1 is 1.00 bits per heavy atom. The summed E-state index contributed by atoms with van der Waals surface area (Å²) in [6, 6.07) is 9.92. The Kier molecular flexibility index (Phi) is 4.00. The third-order valence-electron chi connectivity index (χ3n) is 3.78. The average Bonchev–Trinajstić information content (AvgIpc) is 2.56. The van der Waals surface area contributed by atoms with Gasteiger partial charge < -0.3 is 9.80 Å². The Morgan fingerprint density at radius 3 is 2.27 bits per heavy atom. The van der Waals surface area contributed by atoms with Crippen LogP contribution in [0.1, 0.15) is 16.2 Å². The van der Waals surface area contributed by atoms with Crippen molar-refractivity contribution in [2.24, 2.45) is 0 Å². The molecule has 2 aromatic rings. The van der Waals surface area contributed by atoms with Gasteiger partial charge in [-0.2, -0.15) is 5.10 Å². The van der Waals surface area contributed by atoms with Crippen molar-refractivity contribution in [1.82, 2.24) is 15.1 Å². The Balaban J connectivity index is 1.62. The van der Waals surface area contributed by atoms with Gasteiger partial charge in [0, 0.05) is 31.9 Å². The number of aromatic nitrogens is 2. The van der Waals surface area contributed by atoms with Crippen molar-refractivity contribution in [3.63, 3.8) is 0 Å². The van der Waals surface area contributed by atoms with Crippen LogP contribution in [-0.4, -0.2) is 47.2 Å². The minimum absolute atomic E-state index is 0.0914. The van der Waals surface area contributed by atoms with Crippen LogP contribution in [0, 0.1) is 12.7 Å². The number of carbonyl (C=O) groups is 1. The third-order valence-corrected chi connectivity index (χ3v) is 3.78. The number of rotatable bonds is 2. The van der Waals surface area contributed by atoms with Gasteiger partial charge in [-0.25, -0.2) is 4.39 Å². The van der Waals surface area contributed by atoms with Gasteiger partial charge in [0.15, 0.2) is 5.69 Å². The van der Waals surface area contributed by atoms with Crippen molar-refractivity contribution in [3.05, 3.63) is 53.6 Å². The maximum absolute atomic E-state index is 13.0. The summed E-state index contributed by atoms with van der Waals surface area (Å²) in [5.74, 6) is -0.332. The van der Waals surface area contributed by atoms with E-state index in [1.165, 1.54) is 12.1 Å². The molecule has 0 aliphatic carbocycles. The van der Waals surface area contributed by atoms with Crippen molar-refractivity contribution >= 4 is 11.6 Å².